The summed E-state index contributed by atoms with van der Waals surface area (Å²) < 4.78 is 90.0. The van der Waals surface area contributed by atoms with Crippen LogP contribution in [0.3, 0.4) is 0 Å². The number of methoxy groups -OCH3 is 1. The maximum Gasteiger partial charge on any atom is 0.297 e. The van der Waals surface area contributed by atoms with Crippen LogP contribution < -0.4 is 10.1 Å². The smallest absolute Gasteiger partial charge is 0.297 e. The number of nitrogens with zero attached hydrogens (tertiary/aromatic N) is 4. The number of azo groups is 2. The number of phenols is 2. The Morgan fingerprint density at radius 3 is 1.96 bits per heavy atom. The molecule has 0 radical (unpaired) electrons. The molecular weight excluding hydrogens is 711 g/mol. The first kappa shape index (κ1) is 36.1. The lowest BCUT2D eigenvalue weighted by atomic mass is 10.1. The molecule has 0 amide bonds. The standard InChI is InChI=1S/C32H31N5O10S3/c1-5-48(40,41)19-8-9-20-18(15-19)7-12-25(32(20)50(44,45)46)35-37-30-21-10-14-24(31(39)22(21)11-13-23(30)33-3)34-36-26-16-28(47-4)29(17-27(26)38)49(42,43)6-2/h7-17,33,38-39H,5-6H2,1-4H3,(H,44,45,46)/b36-34+,37-35+. The molecule has 0 spiro atoms. The fourth-order valence-electron chi connectivity index (χ4n) is 5.12. The molecule has 5 rings (SSSR count). The maximum atomic E-state index is 12.6. The fraction of sp³-hybridized carbons (Fsp3) is 0.188. The molecule has 0 unspecified atom stereocenters. The molecule has 262 valence electrons. The summed E-state index contributed by atoms with van der Waals surface area (Å²) in [5.74, 6) is -1.23. The van der Waals surface area contributed by atoms with E-state index >= 15 is 0 Å². The number of aromatic hydroxyl groups is 2. The molecule has 0 bridgehead atoms. The topological polar surface area (TPSA) is 234 Å². The number of hydrogen-bond donors (Lipinski definition) is 4. The van der Waals surface area contributed by atoms with Crippen LogP contribution in [-0.4, -0.2) is 65.7 Å². The number of benzene rings is 5. The van der Waals surface area contributed by atoms with Crippen molar-refractivity contribution in [1.82, 2.24) is 0 Å². The van der Waals surface area contributed by atoms with Gasteiger partial charge in [0.15, 0.2) is 25.4 Å². The molecule has 5 aromatic rings. The molecule has 0 aliphatic carbocycles. The molecule has 0 aromatic heterocycles. The second kappa shape index (κ2) is 13.6. The number of nitrogens with one attached hydrogen (secondary N) is 1. The van der Waals surface area contributed by atoms with Gasteiger partial charge >= 0.3 is 0 Å². The number of anilines is 1. The van der Waals surface area contributed by atoms with Gasteiger partial charge in [-0.25, -0.2) is 16.8 Å². The van der Waals surface area contributed by atoms with Gasteiger partial charge < -0.3 is 20.3 Å². The van der Waals surface area contributed by atoms with Crippen molar-refractivity contribution in [1.29, 1.82) is 0 Å². The molecule has 15 nitrogen and oxygen atoms in total. The Balaban J connectivity index is 1.59. The van der Waals surface area contributed by atoms with Crippen molar-refractivity contribution in [3.63, 3.8) is 0 Å². The Morgan fingerprint density at radius 1 is 0.700 bits per heavy atom. The number of phenolic OH excluding ortho intramolecular Hbond substituents is 2. The maximum absolute atomic E-state index is 12.6. The zero-order valence-electron chi connectivity index (χ0n) is 27.0. The Hall–Kier alpha value is -5.17. The Kier molecular flexibility index (Phi) is 9.84. The van der Waals surface area contributed by atoms with E-state index in [0.29, 0.717) is 11.1 Å². The van der Waals surface area contributed by atoms with E-state index in [9.17, 15) is 40.0 Å². The molecule has 0 saturated heterocycles. The van der Waals surface area contributed by atoms with Gasteiger partial charge in [-0.15, -0.1) is 20.5 Å². The average molecular weight is 742 g/mol. The summed E-state index contributed by atoms with van der Waals surface area (Å²) in [4.78, 5) is -0.789. The predicted molar refractivity (Wildman–Crippen MR) is 187 cm³/mol. The predicted octanol–water partition coefficient (Wildman–Crippen LogP) is 7.12. The van der Waals surface area contributed by atoms with E-state index in [1.54, 1.807) is 25.2 Å². The molecular formula is C32H31N5O10S3. The number of rotatable bonds is 11. The molecule has 0 aliphatic rings. The van der Waals surface area contributed by atoms with Crippen LogP contribution in [0.4, 0.5) is 28.4 Å². The summed E-state index contributed by atoms with van der Waals surface area (Å²) in [6.07, 6.45) is 0. The van der Waals surface area contributed by atoms with Crippen molar-refractivity contribution in [3.8, 4) is 17.2 Å². The lowest BCUT2D eigenvalue weighted by molar-refractivity contribution is 0.399. The third kappa shape index (κ3) is 6.82. The minimum Gasteiger partial charge on any atom is -0.506 e. The van der Waals surface area contributed by atoms with Gasteiger partial charge in [0.05, 0.1) is 29.2 Å². The third-order valence-corrected chi connectivity index (χ3v) is 12.2. The highest BCUT2D eigenvalue weighted by Crippen LogP contribution is 2.44. The normalized spacial score (nSPS) is 12.7. The highest BCUT2D eigenvalue weighted by molar-refractivity contribution is 7.91. The fourth-order valence-corrected chi connectivity index (χ4v) is 7.92. The summed E-state index contributed by atoms with van der Waals surface area (Å²) >= 11 is 0. The van der Waals surface area contributed by atoms with Crippen LogP contribution in [0.15, 0.2) is 102 Å². The lowest BCUT2D eigenvalue weighted by Gasteiger charge is -2.12. The molecule has 4 N–H and O–H groups in total. The van der Waals surface area contributed by atoms with E-state index in [1.165, 1.54) is 63.4 Å². The van der Waals surface area contributed by atoms with Crippen molar-refractivity contribution in [2.24, 2.45) is 20.5 Å². The van der Waals surface area contributed by atoms with Gasteiger partial charge in [-0.05, 0) is 47.9 Å². The highest BCUT2D eigenvalue weighted by atomic mass is 32.2. The van der Waals surface area contributed by atoms with Crippen LogP contribution in [-0.2, 0) is 29.8 Å². The number of fused-ring (bicyclic) bond motifs is 2. The van der Waals surface area contributed by atoms with Gasteiger partial charge in [0.25, 0.3) is 10.1 Å². The molecule has 18 heteroatoms. The van der Waals surface area contributed by atoms with Crippen molar-refractivity contribution in [2.45, 2.75) is 28.5 Å². The summed E-state index contributed by atoms with van der Waals surface area (Å²) in [7, 11) is -9.30. The zero-order valence-corrected chi connectivity index (χ0v) is 29.4. The monoisotopic (exact) mass is 741 g/mol. The van der Waals surface area contributed by atoms with E-state index in [1.807, 2.05) is 0 Å². The van der Waals surface area contributed by atoms with Crippen molar-refractivity contribution >= 4 is 79.8 Å². The van der Waals surface area contributed by atoms with Gasteiger partial charge in [0.2, 0.25) is 0 Å². The minimum atomic E-state index is -4.87. The minimum absolute atomic E-state index is 0.00634. The van der Waals surface area contributed by atoms with Crippen molar-refractivity contribution < 1.29 is 44.8 Å². The van der Waals surface area contributed by atoms with Gasteiger partial charge in [-0.1, -0.05) is 26.0 Å². The molecule has 5 aromatic carbocycles. The lowest BCUT2D eigenvalue weighted by Crippen LogP contribution is -2.05. The van der Waals surface area contributed by atoms with Crippen molar-refractivity contribution in [2.75, 3.05) is 31.0 Å². The Labute approximate surface area is 287 Å². The molecule has 0 heterocycles. The van der Waals surface area contributed by atoms with Crippen LogP contribution in [0.1, 0.15) is 13.8 Å². The van der Waals surface area contributed by atoms with Crippen LogP contribution in [0.25, 0.3) is 21.5 Å². The molecule has 0 fully saturated rings. The first-order valence-electron chi connectivity index (χ1n) is 14.8. The Morgan fingerprint density at radius 2 is 1.32 bits per heavy atom. The zero-order chi connectivity index (χ0) is 36.6. The van der Waals surface area contributed by atoms with Gasteiger partial charge in [0, 0.05) is 35.3 Å². The summed E-state index contributed by atoms with van der Waals surface area (Å²) in [5.41, 5.74) is 0.258. The molecule has 0 saturated carbocycles. The van der Waals surface area contributed by atoms with Gasteiger partial charge in [-0.2, -0.15) is 8.42 Å². The first-order valence-corrected chi connectivity index (χ1v) is 19.5. The highest BCUT2D eigenvalue weighted by Gasteiger charge is 2.23. The number of ether oxygens (including phenoxy) is 1. The van der Waals surface area contributed by atoms with E-state index in [4.69, 9.17) is 4.74 Å². The SMILES string of the molecule is CCS(=O)(=O)c1ccc2c(S(=O)(=O)O)c(/N=N/c3c(NC)ccc4c(O)c(/N=N/c5cc(OC)c(S(=O)(=O)CC)cc5O)ccc34)ccc2c1. The first-order chi connectivity index (χ1) is 23.6. The van der Waals surface area contributed by atoms with Gasteiger partial charge in [0.1, 0.15) is 44.0 Å². The van der Waals surface area contributed by atoms with E-state index in [-0.39, 0.29) is 71.7 Å². The summed E-state index contributed by atoms with van der Waals surface area (Å²) in [6, 6.07) is 14.9. The summed E-state index contributed by atoms with van der Waals surface area (Å²) in [6.45, 7) is 2.94. The van der Waals surface area contributed by atoms with Gasteiger partial charge in [-0.3, -0.25) is 4.55 Å². The van der Waals surface area contributed by atoms with Crippen LogP contribution >= 0.6 is 0 Å². The van der Waals surface area contributed by atoms with E-state index < -0.39 is 40.4 Å². The third-order valence-electron chi connectivity index (χ3n) is 7.81. The van der Waals surface area contributed by atoms with Crippen LogP contribution in [0.5, 0.6) is 17.2 Å². The average Bonchev–Trinajstić information content (AvgIpc) is 3.09. The quantitative estimate of drug-likeness (QED) is 0.0786. The van der Waals surface area contributed by atoms with E-state index in [0.717, 1.165) is 6.07 Å². The van der Waals surface area contributed by atoms with Crippen LogP contribution in [0.2, 0.25) is 0 Å². The second-order valence-corrected chi connectivity index (χ2v) is 16.6. The van der Waals surface area contributed by atoms with Crippen molar-refractivity contribution in [3.05, 3.63) is 66.7 Å². The van der Waals surface area contributed by atoms with E-state index in [2.05, 4.69) is 25.8 Å². The second-order valence-electron chi connectivity index (χ2n) is 10.7. The molecule has 50 heavy (non-hydrogen) atoms. The Bertz CT molecular complexity index is 2570. The molecule has 0 atom stereocenters. The number of sulfone groups is 2. The number of hydrogen-bond acceptors (Lipinski definition) is 14. The summed E-state index contributed by atoms with van der Waals surface area (Å²) in [5, 5.41) is 41.9. The molecule has 0 aliphatic heterocycles. The van der Waals surface area contributed by atoms with Crippen LogP contribution in [0, 0.1) is 0 Å². The largest absolute Gasteiger partial charge is 0.506 e.